The van der Waals surface area contributed by atoms with E-state index in [2.05, 4.69) is 0 Å². The minimum atomic E-state index is -1.48. The fourth-order valence-corrected chi connectivity index (χ4v) is 2.87. The van der Waals surface area contributed by atoms with Crippen molar-refractivity contribution in [1.29, 1.82) is 0 Å². The lowest BCUT2D eigenvalue weighted by atomic mass is 9.72. The molecular formula is C15H19NO4. The molecule has 0 saturated carbocycles. The van der Waals surface area contributed by atoms with Crippen molar-refractivity contribution in [2.75, 3.05) is 0 Å². The Morgan fingerprint density at radius 3 is 2.55 bits per heavy atom. The zero-order valence-electron chi connectivity index (χ0n) is 11.6. The van der Waals surface area contributed by atoms with Gasteiger partial charge in [-0.3, -0.25) is 15.3 Å². The summed E-state index contributed by atoms with van der Waals surface area (Å²) in [5.74, 6) is -3.27. The fraction of sp³-hybridized carbons (Fsp3) is 0.467. The van der Waals surface area contributed by atoms with E-state index in [1.165, 1.54) is 6.92 Å². The van der Waals surface area contributed by atoms with Crippen LogP contribution in [0.2, 0.25) is 0 Å². The van der Waals surface area contributed by atoms with Gasteiger partial charge in [-0.25, -0.2) is 0 Å². The SMILES string of the molecule is CC1C(=O)OC(C)(N)C(C(=O)O)C1Cc1ccccc1. The van der Waals surface area contributed by atoms with Crippen molar-refractivity contribution < 1.29 is 19.4 Å². The summed E-state index contributed by atoms with van der Waals surface area (Å²) in [6.45, 7) is 3.15. The third-order valence-electron chi connectivity index (χ3n) is 3.96. The van der Waals surface area contributed by atoms with E-state index in [9.17, 15) is 14.7 Å². The lowest BCUT2D eigenvalue weighted by molar-refractivity contribution is -0.195. The zero-order valence-corrected chi connectivity index (χ0v) is 11.6. The van der Waals surface area contributed by atoms with Crippen LogP contribution in [-0.2, 0) is 20.7 Å². The second-order valence-electron chi connectivity index (χ2n) is 5.56. The molecule has 108 valence electrons. The third-order valence-corrected chi connectivity index (χ3v) is 3.96. The van der Waals surface area contributed by atoms with Crippen LogP contribution >= 0.6 is 0 Å². The molecule has 20 heavy (non-hydrogen) atoms. The van der Waals surface area contributed by atoms with Gasteiger partial charge in [-0.15, -0.1) is 0 Å². The van der Waals surface area contributed by atoms with Gasteiger partial charge in [0.1, 0.15) is 5.92 Å². The predicted octanol–water partition coefficient (Wildman–Crippen LogP) is 1.41. The van der Waals surface area contributed by atoms with Crippen LogP contribution < -0.4 is 5.73 Å². The van der Waals surface area contributed by atoms with Crippen LogP contribution in [0.1, 0.15) is 19.4 Å². The predicted molar refractivity (Wildman–Crippen MR) is 72.6 cm³/mol. The Morgan fingerprint density at radius 2 is 2.00 bits per heavy atom. The number of carbonyl (C=O) groups is 2. The molecule has 1 aliphatic heterocycles. The Morgan fingerprint density at radius 1 is 1.40 bits per heavy atom. The van der Waals surface area contributed by atoms with Crippen molar-refractivity contribution in [2.45, 2.75) is 26.0 Å². The molecule has 1 fully saturated rings. The molecule has 1 heterocycles. The molecule has 0 amide bonds. The topological polar surface area (TPSA) is 89.6 Å². The largest absolute Gasteiger partial charge is 0.481 e. The van der Waals surface area contributed by atoms with Crippen molar-refractivity contribution in [3.63, 3.8) is 0 Å². The number of hydrogen-bond donors (Lipinski definition) is 2. The Bertz CT molecular complexity index is 512. The molecule has 0 bridgehead atoms. The highest BCUT2D eigenvalue weighted by Crippen LogP contribution is 2.38. The van der Waals surface area contributed by atoms with Crippen molar-refractivity contribution in [3.8, 4) is 0 Å². The molecule has 1 saturated heterocycles. The summed E-state index contributed by atoms with van der Waals surface area (Å²) in [6.07, 6.45) is 0.487. The van der Waals surface area contributed by atoms with Crippen LogP contribution in [0.3, 0.4) is 0 Å². The Labute approximate surface area is 117 Å². The minimum Gasteiger partial charge on any atom is -0.481 e. The molecule has 1 aliphatic rings. The summed E-state index contributed by atoms with van der Waals surface area (Å²) < 4.78 is 5.09. The van der Waals surface area contributed by atoms with Crippen LogP contribution in [0.5, 0.6) is 0 Å². The standard InChI is InChI=1S/C15H19NO4/c1-9-11(8-10-6-4-3-5-7-10)12(13(17)18)15(2,16)20-14(9)19/h3-7,9,11-12H,8,16H2,1-2H3,(H,17,18). The van der Waals surface area contributed by atoms with Gasteiger partial charge in [-0.05, 0) is 24.8 Å². The molecule has 3 N–H and O–H groups in total. The molecule has 4 atom stereocenters. The molecule has 0 spiro atoms. The number of rotatable bonds is 3. The average Bonchev–Trinajstić information content (AvgIpc) is 2.35. The smallest absolute Gasteiger partial charge is 0.312 e. The number of carboxylic acid groups (broad SMARTS) is 1. The number of carboxylic acids is 1. The first-order valence-corrected chi connectivity index (χ1v) is 6.61. The molecule has 1 aromatic rings. The van der Waals surface area contributed by atoms with Gasteiger partial charge < -0.3 is 9.84 Å². The van der Waals surface area contributed by atoms with Gasteiger partial charge in [0.25, 0.3) is 0 Å². The van der Waals surface area contributed by atoms with E-state index in [1.54, 1.807) is 6.92 Å². The Hall–Kier alpha value is -1.88. The van der Waals surface area contributed by atoms with Crippen molar-refractivity contribution in [1.82, 2.24) is 0 Å². The molecule has 2 rings (SSSR count). The lowest BCUT2D eigenvalue weighted by Crippen LogP contribution is -2.60. The van der Waals surface area contributed by atoms with Crippen LogP contribution in [0, 0.1) is 17.8 Å². The van der Waals surface area contributed by atoms with E-state index in [0.717, 1.165) is 5.56 Å². The van der Waals surface area contributed by atoms with E-state index in [1.807, 2.05) is 30.3 Å². The number of benzene rings is 1. The van der Waals surface area contributed by atoms with E-state index in [-0.39, 0.29) is 5.92 Å². The van der Waals surface area contributed by atoms with E-state index in [0.29, 0.717) is 6.42 Å². The van der Waals surface area contributed by atoms with E-state index in [4.69, 9.17) is 10.5 Å². The normalized spacial score (nSPS) is 33.5. The van der Waals surface area contributed by atoms with Crippen LogP contribution in [0.15, 0.2) is 30.3 Å². The highest BCUT2D eigenvalue weighted by Gasteiger charge is 2.52. The number of nitrogens with two attached hydrogens (primary N) is 1. The summed E-state index contributed by atoms with van der Waals surface area (Å²) in [4.78, 5) is 23.4. The van der Waals surface area contributed by atoms with Crippen LogP contribution in [-0.4, -0.2) is 22.8 Å². The average molecular weight is 277 g/mol. The van der Waals surface area contributed by atoms with Gasteiger partial charge in [0.05, 0.1) is 5.92 Å². The molecule has 0 aliphatic carbocycles. The number of ether oxygens (including phenoxy) is 1. The maximum Gasteiger partial charge on any atom is 0.312 e. The molecule has 0 radical (unpaired) electrons. The third kappa shape index (κ3) is 2.67. The van der Waals surface area contributed by atoms with Crippen LogP contribution in [0.25, 0.3) is 0 Å². The fourth-order valence-electron chi connectivity index (χ4n) is 2.87. The van der Waals surface area contributed by atoms with Gasteiger partial charge in [0.15, 0.2) is 5.72 Å². The van der Waals surface area contributed by atoms with Crippen molar-refractivity contribution >= 4 is 11.9 Å². The quantitative estimate of drug-likeness (QED) is 0.815. The number of carbonyl (C=O) groups excluding carboxylic acids is 1. The summed E-state index contributed by atoms with van der Waals surface area (Å²) in [5.41, 5.74) is 5.41. The van der Waals surface area contributed by atoms with Gasteiger partial charge >= 0.3 is 11.9 Å². The molecule has 5 heteroatoms. The zero-order chi connectivity index (χ0) is 14.9. The second-order valence-corrected chi connectivity index (χ2v) is 5.56. The van der Waals surface area contributed by atoms with Gasteiger partial charge in [-0.1, -0.05) is 37.3 Å². The summed E-state index contributed by atoms with van der Waals surface area (Å²) in [6, 6.07) is 9.50. The summed E-state index contributed by atoms with van der Waals surface area (Å²) in [5, 5.41) is 9.46. The number of hydrogen-bond acceptors (Lipinski definition) is 4. The van der Waals surface area contributed by atoms with Gasteiger partial charge in [0.2, 0.25) is 0 Å². The van der Waals surface area contributed by atoms with Crippen LogP contribution in [0.4, 0.5) is 0 Å². The highest BCUT2D eigenvalue weighted by molar-refractivity contribution is 5.79. The lowest BCUT2D eigenvalue weighted by Gasteiger charge is -2.43. The molecule has 1 aromatic carbocycles. The number of cyclic esters (lactones) is 1. The number of aliphatic carboxylic acids is 1. The molecular weight excluding hydrogens is 258 g/mol. The van der Waals surface area contributed by atoms with Crippen molar-refractivity contribution in [3.05, 3.63) is 35.9 Å². The molecule has 0 aromatic heterocycles. The maximum absolute atomic E-state index is 11.9. The first-order valence-electron chi connectivity index (χ1n) is 6.61. The van der Waals surface area contributed by atoms with E-state index < -0.39 is 29.5 Å². The maximum atomic E-state index is 11.9. The Kier molecular flexibility index (Phi) is 3.81. The monoisotopic (exact) mass is 277 g/mol. The minimum absolute atomic E-state index is 0.383. The Balaban J connectivity index is 2.34. The van der Waals surface area contributed by atoms with E-state index >= 15 is 0 Å². The molecule has 5 nitrogen and oxygen atoms in total. The second kappa shape index (κ2) is 5.25. The highest BCUT2D eigenvalue weighted by atomic mass is 16.6. The first kappa shape index (κ1) is 14.5. The summed E-state index contributed by atoms with van der Waals surface area (Å²) in [7, 11) is 0. The van der Waals surface area contributed by atoms with Gasteiger partial charge in [-0.2, -0.15) is 0 Å². The summed E-state index contributed by atoms with van der Waals surface area (Å²) >= 11 is 0. The number of esters is 1. The first-order chi connectivity index (χ1) is 9.33. The van der Waals surface area contributed by atoms with Crippen molar-refractivity contribution in [2.24, 2.45) is 23.5 Å². The molecule has 4 unspecified atom stereocenters. The van der Waals surface area contributed by atoms with Gasteiger partial charge in [0, 0.05) is 0 Å².